The molecular formula is C16H19N3O4. The molecule has 7 heteroatoms. The summed E-state index contributed by atoms with van der Waals surface area (Å²) >= 11 is 0. The minimum atomic E-state index is -0.767. The number of para-hydroxylation sites is 1. The molecular weight excluding hydrogens is 298 g/mol. The van der Waals surface area contributed by atoms with Crippen LogP contribution in [0.5, 0.6) is 0 Å². The van der Waals surface area contributed by atoms with Crippen molar-refractivity contribution in [2.24, 2.45) is 0 Å². The smallest absolute Gasteiger partial charge is 0.325 e. The molecule has 0 saturated heterocycles. The molecule has 23 heavy (non-hydrogen) atoms. The van der Waals surface area contributed by atoms with Crippen LogP contribution in [0.3, 0.4) is 0 Å². The molecule has 1 aromatic carbocycles. The SMILES string of the molecule is COC(=O)CNC(=O)[C@@H](Cc1c[nH]c2ccccc12)NC(C)=O. The van der Waals surface area contributed by atoms with Gasteiger partial charge < -0.3 is 20.4 Å². The third kappa shape index (κ3) is 4.32. The van der Waals surface area contributed by atoms with E-state index in [1.165, 1.54) is 14.0 Å². The maximum Gasteiger partial charge on any atom is 0.325 e. The first-order valence-corrected chi connectivity index (χ1v) is 7.18. The van der Waals surface area contributed by atoms with Gasteiger partial charge in [-0.3, -0.25) is 14.4 Å². The number of benzene rings is 1. The molecule has 0 fully saturated rings. The van der Waals surface area contributed by atoms with E-state index in [9.17, 15) is 14.4 Å². The van der Waals surface area contributed by atoms with Crippen LogP contribution in [0.1, 0.15) is 12.5 Å². The second-order valence-corrected chi connectivity index (χ2v) is 5.11. The Bertz CT molecular complexity index is 723. The number of H-pyrrole nitrogens is 1. The van der Waals surface area contributed by atoms with E-state index in [1.54, 1.807) is 0 Å². The van der Waals surface area contributed by atoms with Gasteiger partial charge in [0.15, 0.2) is 0 Å². The Kier molecular flexibility index (Phi) is 5.35. The Labute approximate surface area is 133 Å². The van der Waals surface area contributed by atoms with Crippen molar-refractivity contribution >= 4 is 28.7 Å². The molecule has 1 heterocycles. The standard InChI is InChI=1S/C16H19N3O4/c1-10(20)19-14(16(22)18-9-15(21)23-2)7-11-8-17-13-6-4-3-5-12(11)13/h3-6,8,14,17H,7,9H2,1-2H3,(H,18,22)(H,19,20)/t14-/m1/s1. The van der Waals surface area contributed by atoms with Gasteiger partial charge in [0.1, 0.15) is 12.6 Å². The molecule has 0 unspecified atom stereocenters. The molecule has 0 radical (unpaired) electrons. The molecule has 122 valence electrons. The van der Waals surface area contributed by atoms with Gasteiger partial charge in [0.05, 0.1) is 7.11 Å². The summed E-state index contributed by atoms with van der Waals surface area (Å²) in [5, 5.41) is 6.06. The fraction of sp³-hybridized carbons (Fsp3) is 0.312. The summed E-state index contributed by atoms with van der Waals surface area (Å²) in [4.78, 5) is 37.8. The van der Waals surface area contributed by atoms with Crippen LogP contribution in [0.4, 0.5) is 0 Å². The van der Waals surface area contributed by atoms with Crippen molar-refractivity contribution in [1.29, 1.82) is 0 Å². The summed E-state index contributed by atoms with van der Waals surface area (Å²) in [6, 6.07) is 6.93. The van der Waals surface area contributed by atoms with Crippen LogP contribution in [0.25, 0.3) is 10.9 Å². The second kappa shape index (κ2) is 7.44. The molecule has 0 spiro atoms. The number of hydrogen-bond acceptors (Lipinski definition) is 4. The number of carbonyl (C=O) groups is 3. The number of carbonyl (C=O) groups excluding carboxylic acids is 3. The molecule has 0 aliphatic heterocycles. The molecule has 0 bridgehead atoms. The van der Waals surface area contributed by atoms with E-state index in [2.05, 4.69) is 20.4 Å². The van der Waals surface area contributed by atoms with Gasteiger partial charge in [-0.25, -0.2) is 0 Å². The molecule has 0 aliphatic rings. The van der Waals surface area contributed by atoms with Crippen molar-refractivity contribution in [1.82, 2.24) is 15.6 Å². The number of nitrogens with one attached hydrogen (secondary N) is 3. The molecule has 0 saturated carbocycles. The van der Waals surface area contributed by atoms with Crippen LogP contribution < -0.4 is 10.6 Å². The number of aromatic nitrogens is 1. The number of methoxy groups -OCH3 is 1. The maximum absolute atomic E-state index is 12.2. The molecule has 1 atom stereocenters. The lowest BCUT2D eigenvalue weighted by atomic mass is 10.0. The van der Waals surface area contributed by atoms with E-state index in [0.717, 1.165) is 16.5 Å². The summed E-state index contributed by atoms with van der Waals surface area (Å²) in [6.07, 6.45) is 2.13. The molecule has 7 nitrogen and oxygen atoms in total. The number of esters is 1. The summed E-state index contributed by atoms with van der Waals surface area (Å²) in [7, 11) is 1.24. The van der Waals surface area contributed by atoms with E-state index >= 15 is 0 Å². The highest BCUT2D eigenvalue weighted by Gasteiger charge is 2.21. The topological polar surface area (TPSA) is 100 Å². The van der Waals surface area contributed by atoms with Crippen molar-refractivity contribution in [2.75, 3.05) is 13.7 Å². The lowest BCUT2D eigenvalue weighted by Gasteiger charge is -2.17. The molecule has 0 aliphatic carbocycles. The third-order valence-corrected chi connectivity index (χ3v) is 3.43. The Morgan fingerprint density at radius 3 is 2.70 bits per heavy atom. The van der Waals surface area contributed by atoms with Crippen molar-refractivity contribution in [3.05, 3.63) is 36.0 Å². The highest BCUT2D eigenvalue weighted by atomic mass is 16.5. The predicted octanol–water partition coefficient (Wildman–Crippen LogP) is 0.504. The summed E-state index contributed by atoms with van der Waals surface area (Å²) in [5.41, 5.74) is 1.87. The molecule has 1 aromatic heterocycles. The zero-order chi connectivity index (χ0) is 16.8. The number of rotatable bonds is 6. The number of aromatic amines is 1. The highest BCUT2D eigenvalue weighted by molar-refractivity contribution is 5.90. The minimum Gasteiger partial charge on any atom is -0.468 e. The van der Waals surface area contributed by atoms with Gasteiger partial charge in [-0.15, -0.1) is 0 Å². The van der Waals surface area contributed by atoms with Crippen LogP contribution in [-0.4, -0.2) is 42.5 Å². The van der Waals surface area contributed by atoms with E-state index in [0.29, 0.717) is 6.42 Å². The van der Waals surface area contributed by atoms with Crippen LogP contribution in [0.2, 0.25) is 0 Å². The monoisotopic (exact) mass is 317 g/mol. The zero-order valence-electron chi connectivity index (χ0n) is 13.0. The van der Waals surface area contributed by atoms with Crippen LogP contribution in [0, 0.1) is 0 Å². The van der Waals surface area contributed by atoms with Gasteiger partial charge in [-0.1, -0.05) is 18.2 Å². The van der Waals surface area contributed by atoms with E-state index in [4.69, 9.17) is 0 Å². The predicted molar refractivity (Wildman–Crippen MR) is 84.6 cm³/mol. The Hall–Kier alpha value is -2.83. The number of fused-ring (bicyclic) bond motifs is 1. The summed E-state index contributed by atoms with van der Waals surface area (Å²) in [5.74, 6) is -1.30. The van der Waals surface area contributed by atoms with E-state index in [1.807, 2.05) is 30.5 Å². The van der Waals surface area contributed by atoms with Crippen molar-refractivity contribution in [2.45, 2.75) is 19.4 Å². The Morgan fingerprint density at radius 2 is 2.00 bits per heavy atom. The average Bonchev–Trinajstić information content (AvgIpc) is 2.94. The van der Waals surface area contributed by atoms with Crippen molar-refractivity contribution in [3.8, 4) is 0 Å². The van der Waals surface area contributed by atoms with Gasteiger partial charge in [0.2, 0.25) is 11.8 Å². The fourth-order valence-electron chi connectivity index (χ4n) is 2.33. The first kappa shape index (κ1) is 16.5. The largest absolute Gasteiger partial charge is 0.468 e. The van der Waals surface area contributed by atoms with E-state index < -0.39 is 17.9 Å². The van der Waals surface area contributed by atoms with Gasteiger partial charge >= 0.3 is 5.97 Å². The first-order valence-electron chi connectivity index (χ1n) is 7.18. The maximum atomic E-state index is 12.2. The fourth-order valence-corrected chi connectivity index (χ4v) is 2.33. The van der Waals surface area contributed by atoms with Crippen LogP contribution >= 0.6 is 0 Å². The first-order chi connectivity index (χ1) is 11.0. The Morgan fingerprint density at radius 1 is 1.26 bits per heavy atom. The van der Waals surface area contributed by atoms with Gasteiger partial charge in [-0.05, 0) is 11.6 Å². The number of ether oxygens (including phenoxy) is 1. The molecule has 2 amide bonds. The second-order valence-electron chi connectivity index (χ2n) is 5.11. The molecule has 2 rings (SSSR count). The lowest BCUT2D eigenvalue weighted by Crippen LogP contribution is -2.48. The van der Waals surface area contributed by atoms with Gasteiger partial charge in [-0.2, -0.15) is 0 Å². The average molecular weight is 317 g/mol. The summed E-state index contributed by atoms with van der Waals surface area (Å²) in [6.45, 7) is 1.11. The van der Waals surface area contributed by atoms with Crippen LogP contribution in [0.15, 0.2) is 30.5 Å². The van der Waals surface area contributed by atoms with E-state index in [-0.39, 0.29) is 12.5 Å². The molecule has 3 N–H and O–H groups in total. The third-order valence-electron chi connectivity index (χ3n) is 3.43. The summed E-state index contributed by atoms with van der Waals surface area (Å²) < 4.78 is 4.48. The zero-order valence-corrected chi connectivity index (χ0v) is 13.0. The van der Waals surface area contributed by atoms with Gasteiger partial charge in [0.25, 0.3) is 0 Å². The minimum absolute atomic E-state index is 0.237. The van der Waals surface area contributed by atoms with Gasteiger partial charge in [0, 0.05) is 30.4 Å². The Balaban J connectivity index is 2.13. The highest BCUT2D eigenvalue weighted by Crippen LogP contribution is 2.19. The van der Waals surface area contributed by atoms with Crippen molar-refractivity contribution < 1.29 is 19.1 Å². The molecule has 2 aromatic rings. The van der Waals surface area contributed by atoms with Crippen LogP contribution in [-0.2, 0) is 25.5 Å². The number of hydrogen-bond donors (Lipinski definition) is 3. The normalized spacial score (nSPS) is 11.7. The van der Waals surface area contributed by atoms with Crippen molar-refractivity contribution in [3.63, 3.8) is 0 Å². The number of amides is 2. The quantitative estimate of drug-likeness (QED) is 0.676. The lowest BCUT2D eigenvalue weighted by molar-refractivity contribution is -0.141.